The molecule has 2 atom stereocenters. The number of aliphatic hydroxyl groups excluding tert-OH is 1. The number of carbonyl (C=O) groups excluding carboxylic acids is 1. The summed E-state index contributed by atoms with van der Waals surface area (Å²) in [5.74, 6) is 0.444. The highest BCUT2D eigenvalue weighted by Crippen LogP contribution is 2.48. The molecule has 1 saturated heterocycles. The number of fused-ring (bicyclic) bond motifs is 1. The Kier molecular flexibility index (Phi) is 4.73. The van der Waals surface area contributed by atoms with Crippen molar-refractivity contribution in [3.63, 3.8) is 0 Å². The number of likely N-dealkylation sites (tertiary alicyclic amines) is 1. The summed E-state index contributed by atoms with van der Waals surface area (Å²) in [6.07, 6.45) is 8.12. The van der Waals surface area contributed by atoms with Gasteiger partial charge in [0.15, 0.2) is 0 Å². The van der Waals surface area contributed by atoms with E-state index in [1.54, 1.807) is 12.4 Å². The second-order valence-corrected chi connectivity index (χ2v) is 9.31. The Morgan fingerprint density at radius 3 is 2.84 bits per heavy atom. The fourth-order valence-corrected chi connectivity index (χ4v) is 4.54. The number of anilines is 1. The van der Waals surface area contributed by atoms with Crippen molar-refractivity contribution in [2.24, 2.45) is 5.92 Å². The number of aromatic nitrogens is 5. The van der Waals surface area contributed by atoms with Crippen molar-refractivity contribution in [2.45, 2.75) is 64.1 Å². The van der Waals surface area contributed by atoms with Crippen LogP contribution in [0.2, 0.25) is 0 Å². The third kappa shape index (κ3) is 3.46. The lowest BCUT2D eigenvalue weighted by Crippen LogP contribution is -2.51. The molecular weight excluding hydrogens is 394 g/mol. The fourth-order valence-electron chi connectivity index (χ4n) is 4.54. The topological polar surface area (TPSA) is 112 Å². The number of nitrogens with zero attached hydrogens (tertiary/aromatic N) is 5. The molecule has 164 valence electrons. The Morgan fingerprint density at radius 2 is 2.10 bits per heavy atom. The van der Waals surface area contributed by atoms with Gasteiger partial charge in [0.05, 0.1) is 41.4 Å². The van der Waals surface area contributed by atoms with E-state index in [2.05, 4.69) is 46.4 Å². The van der Waals surface area contributed by atoms with Crippen molar-refractivity contribution in [3.8, 4) is 11.4 Å². The minimum Gasteiger partial charge on any atom is -0.393 e. The van der Waals surface area contributed by atoms with Crippen LogP contribution in [-0.4, -0.2) is 59.2 Å². The van der Waals surface area contributed by atoms with Crippen LogP contribution in [-0.2, 0) is 0 Å². The van der Waals surface area contributed by atoms with Gasteiger partial charge in [0, 0.05) is 23.7 Å². The SMILES string of the molecule is CC(C)C(C)n1ncc2cnc(-c3[nH]ncc3NC(=O)N3CCC(O)CC34CC4)cc21. The van der Waals surface area contributed by atoms with Crippen LogP contribution in [0, 0.1) is 5.92 Å². The molecule has 4 heterocycles. The van der Waals surface area contributed by atoms with E-state index in [1.807, 2.05) is 21.8 Å². The van der Waals surface area contributed by atoms with Gasteiger partial charge in [-0.05, 0) is 44.6 Å². The first-order valence-corrected chi connectivity index (χ1v) is 11.0. The number of aliphatic hydroxyl groups is 1. The second-order valence-electron chi connectivity index (χ2n) is 9.31. The summed E-state index contributed by atoms with van der Waals surface area (Å²) in [7, 11) is 0. The van der Waals surface area contributed by atoms with E-state index in [4.69, 9.17) is 0 Å². The third-order valence-electron chi connectivity index (χ3n) is 6.91. The predicted octanol–water partition coefficient (Wildman–Crippen LogP) is 3.56. The maximum Gasteiger partial charge on any atom is 0.322 e. The number of rotatable bonds is 4. The Morgan fingerprint density at radius 1 is 1.29 bits per heavy atom. The van der Waals surface area contributed by atoms with E-state index in [1.165, 1.54) is 0 Å². The summed E-state index contributed by atoms with van der Waals surface area (Å²) < 4.78 is 2.02. The Hall–Kier alpha value is -2.94. The summed E-state index contributed by atoms with van der Waals surface area (Å²) in [5, 5.41) is 25.7. The summed E-state index contributed by atoms with van der Waals surface area (Å²) in [5.41, 5.74) is 2.79. The van der Waals surface area contributed by atoms with Gasteiger partial charge in [-0.3, -0.25) is 14.8 Å². The van der Waals surface area contributed by atoms with Gasteiger partial charge in [-0.15, -0.1) is 0 Å². The molecule has 1 aliphatic carbocycles. The summed E-state index contributed by atoms with van der Waals surface area (Å²) in [6.45, 7) is 7.07. The number of piperidine rings is 1. The number of aromatic amines is 1. The van der Waals surface area contributed by atoms with Crippen LogP contribution < -0.4 is 5.32 Å². The van der Waals surface area contributed by atoms with E-state index >= 15 is 0 Å². The molecule has 9 heteroatoms. The second kappa shape index (κ2) is 7.33. The lowest BCUT2D eigenvalue weighted by atomic mass is 9.98. The van der Waals surface area contributed by atoms with Crippen molar-refractivity contribution >= 4 is 22.6 Å². The number of urea groups is 1. The normalized spacial score (nSPS) is 21.1. The van der Waals surface area contributed by atoms with Gasteiger partial charge in [0.25, 0.3) is 0 Å². The van der Waals surface area contributed by atoms with Crippen molar-refractivity contribution in [3.05, 3.63) is 24.7 Å². The van der Waals surface area contributed by atoms with Gasteiger partial charge < -0.3 is 15.3 Å². The molecule has 3 aromatic heterocycles. The minimum absolute atomic E-state index is 0.147. The number of nitrogens with one attached hydrogen (secondary N) is 2. The first kappa shape index (κ1) is 20.0. The first-order valence-electron chi connectivity index (χ1n) is 11.0. The predicted molar refractivity (Wildman–Crippen MR) is 118 cm³/mol. The van der Waals surface area contributed by atoms with Gasteiger partial charge >= 0.3 is 6.03 Å². The number of H-pyrrole nitrogens is 1. The van der Waals surface area contributed by atoms with E-state index in [9.17, 15) is 9.90 Å². The molecule has 2 unspecified atom stereocenters. The molecule has 2 fully saturated rings. The molecular formula is C22H29N7O2. The third-order valence-corrected chi connectivity index (χ3v) is 6.91. The van der Waals surface area contributed by atoms with Crippen LogP contribution in [0.1, 0.15) is 52.5 Å². The van der Waals surface area contributed by atoms with Crippen LogP contribution in [0.15, 0.2) is 24.7 Å². The molecule has 31 heavy (non-hydrogen) atoms. The number of amides is 2. The number of hydrogen-bond acceptors (Lipinski definition) is 5. The molecule has 1 aliphatic heterocycles. The van der Waals surface area contributed by atoms with E-state index < -0.39 is 0 Å². The molecule has 2 amide bonds. The molecule has 1 spiro atoms. The van der Waals surface area contributed by atoms with Crippen LogP contribution in [0.5, 0.6) is 0 Å². The maximum atomic E-state index is 13.1. The minimum atomic E-state index is -0.315. The van der Waals surface area contributed by atoms with Crippen molar-refractivity contribution in [1.29, 1.82) is 0 Å². The highest BCUT2D eigenvalue weighted by atomic mass is 16.3. The lowest BCUT2D eigenvalue weighted by molar-refractivity contribution is 0.0527. The largest absolute Gasteiger partial charge is 0.393 e. The van der Waals surface area contributed by atoms with E-state index in [0.717, 1.165) is 23.7 Å². The van der Waals surface area contributed by atoms with Crippen LogP contribution in [0.25, 0.3) is 22.3 Å². The highest BCUT2D eigenvalue weighted by Gasteiger charge is 2.53. The van der Waals surface area contributed by atoms with Gasteiger partial charge in [-0.1, -0.05) is 13.8 Å². The summed E-state index contributed by atoms with van der Waals surface area (Å²) >= 11 is 0. The molecule has 3 aromatic rings. The average molecular weight is 424 g/mol. The number of pyridine rings is 1. The molecule has 1 saturated carbocycles. The molecule has 0 aromatic carbocycles. The van der Waals surface area contributed by atoms with Gasteiger partial charge in [0.2, 0.25) is 0 Å². The van der Waals surface area contributed by atoms with Crippen LogP contribution in [0.4, 0.5) is 10.5 Å². The van der Waals surface area contributed by atoms with Crippen molar-refractivity contribution < 1.29 is 9.90 Å². The number of carbonyl (C=O) groups is 1. The molecule has 9 nitrogen and oxygen atoms in total. The Bertz CT molecular complexity index is 1110. The lowest BCUT2D eigenvalue weighted by Gasteiger charge is -2.38. The van der Waals surface area contributed by atoms with Gasteiger partial charge in [-0.2, -0.15) is 10.2 Å². The smallest absolute Gasteiger partial charge is 0.322 e. The van der Waals surface area contributed by atoms with Gasteiger partial charge in [-0.25, -0.2) is 4.79 Å². The fraction of sp³-hybridized carbons (Fsp3) is 0.545. The molecule has 5 rings (SSSR count). The Labute approximate surface area is 180 Å². The Balaban J connectivity index is 1.42. The molecule has 0 bridgehead atoms. The average Bonchev–Trinajstić information content (AvgIpc) is 3.15. The summed E-state index contributed by atoms with van der Waals surface area (Å²) in [4.78, 5) is 19.5. The zero-order valence-electron chi connectivity index (χ0n) is 18.2. The number of hydrogen-bond donors (Lipinski definition) is 3. The standard InChI is InChI=1S/C22H29N7O2/c1-13(2)14(3)29-19-8-17(23-10-15(19)11-25-29)20-18(12-24-27-20)26-21(31)28-7-4-16(30)9-22(28)5-6-22/h8,10-14,16,30H,4-7,9H2,1-3H3,(H,24,27)(H,26,31). The molecule has 2 aliphatic rings. The van der Waals surface area contributed by atoms with E-state index in [-0.39, 0.29) is 23.7 Å². The highest BCUT2D eigenvalue weighted by molar-refractivity contribution is 5.94. The van der Waals surface area contributed by atoms with Gasteiger partial charge in [0.1, 0.15) is 5.69 Å². The maximum absolute atomic E-state index is 13.1. The molecule has 0 radical (unpaired) electrons. The monoisotopic (exact) mass is 423 g/mol. The van der Waals surface area contributed by atoms with Crippen LogP contribution >= 0.6 is 0 Å². The van der Waals surface area contributed by atoms with E-state index in [0.29, 0.717) is 42.4 Å². The molecule has 3 N–H and O–H groups in total. The zero-order chi connectivity index (χ0) is 21.8. The summed E-state index contributed by atoms with van der Waals surface area (Å²) in [6, 6.07) is 2.09. The van der Waals surface area contributed by atoms with Crippen molar-refractivity contribution in [1.82, 2.24) is 29.9 Å². The van der Waals surface area contributed by atoms with Crippen molar-refractivity contribution in [2.75, 3.05) is 11.9 Å². The quantitative estimate of drug-likeness (QED) is 0.594. The zero-order valence-corrected chi connectivity index (χ0v) is 18.2. The first-order chi connectivity index (χ1) is 14.9. The van der Waals surface area contributed by atoms with Crippen LogP contribution in [0.3, 0.4) is 0 Å².